The Morgan fingerprint density at radius 3 is 2.15 bits per heavy atom. The predicted molar refractivity (Wildman–Crippen MR) is 84.7 cm³/mol. The number of carbonyl (C=O) groups is 2. The molecule has 0 aliphatic heterocycles. The van der Waals surface area contributed by atoms with Crippen molar-refractivity contribution in [2.75, 3.05) is 25.9 Å². The van der Waals surface area contributed by atoms with Crippen molar-refractivity contribution in [1.82, 2.24) is 9.97 Å². The second kappa shape index (κ2) is 14.9. The molecule has 0 spiro atoms. The van der Waals surface area contributed by atoms with Crippen LogP contribution in [0.4, 0.5) is 13.2 Å². The Kier molecular flexibility index (Phi) is 15.5. The van der Waals surface area contributed by atoms with Crippen molar-refractivity contribution in [3.05, 3.63) is 29.6 Å². The van der Waals surface area contributed by atoms with E-state index in [0.29, 0.717) is 13.2 Å². The molecule has 1 aromatic rings. The van der Waals surface area contributed by atoms with Gasteiger partial charge in [0.1, 0.15) is 0 Å². The normalized spacial score (nSPS) is 10.4. The summed E-state index contributed by atoms with van der Waals surface area (Å²) in [6, 6.07) is 0. The topological polar surface area (TPSA) is 113 Å². The van der Waals surface area contributed by atoms with E-state index in [0.717, 1.165) is 0 Å². The first-order valence-corrected chi connectivity index (χ1v) is 8.64. The molecule has 0 fully saturated rings. The van der Waals surface area contributed by atoms with Crippen LogP contribution in [0.5, 0.6) is 0 Å². The van der Waals surface area contributed by atoms with Crippen LogP contribution >= 0.6 is 8.38 Å². The van der Waals surface area contributed by atoms with Crippen LogP contribution in [0.3, 0.4) is 0 Å². The number of hydrogen-bond donors (Lipinski definition) is 1. The van der Waals surface area contributed by atoms with Gasteiger partial charge in [-0.3, -0.25) is 4.98 Å². The van der Waals surface area contributed by atoms with Gasteiger partial charge in [0.05, 0.1) is 25.6 Å². The predicted octanol–water partition coefficient (Wildman–Crippen LogP) is 2.74. The van der Waals surface area contributed by atoms with Crippen LogP contribution in [-0.4, -0.2) is 59.0 Å². The molecule has 8 nitrogen and oxygen atoms in total. The second-order valence-electron chi connectivity index (χ2n) is 4.07. The quantitative estimate of drug-likeness (QED) is 0.473. The standard InChI is InChI=1S/C8H15F3NO3P.C5H4N2O2.Ir/c1-3-14-16(15-4-2)6-5-12-7(13)8(9,10)11;8-5(9)4-3-6-1-2-7-4;/h3-6H2,1-2H3,(H,12,13);1-3H,(H,8,9);. The number of alkyl halides is 3. The first-order chi connectivity index (χ1) is 11.7. The minimum atomic E-state index is -4.88. The van der Waals surface area contributed by atoms with Gasteiger partial charge in [-0.05, 0) is 13.8 Å². The van der Waals surface area contributed by atoms with Crippen molar-refractivity contribution >= 4 is 20.3 Å². The average Bonchev–Trinajstić information content (AvgIpc) is 2.55. The maximum Gasteiger partial charge on any atom is 0.432 e. The maximum atomic E-state index is 11.8. The molecule has 1 N–H and O–H groups in total. The fraction of sp³-hybridized carbons (Fsp3) is 0.538. The Hall–Kier alpha value is -1.19. The van der Waals surface area contributed by atoms with Gasteiger partial charge in [0, 0.05) is 32.5 Å². The van der Waals surface area contributed by atoms with Crippen LogP contribution < -0.4 is 0 Å². The van der Waals surface area contributed by atoms with Crippen LogP contribution in [0.1, 0.15) is 24.3 Å². The number of aromatic carboxylic acids is 1. The first kappa shape index (κ1) is 27.0. The third-order valence-electron chi connectivity index (χ3n) is 2.21. The summed E-state index contributed by atoms with van der Waals surface area (Å²) in [5.41, 5.74) is -0.0301. The zero-order valence-corrected chi connectivity index (χ0v) is 17.3. The summed E-state index contributed by atoms with van der Waals surface area (Å²) < 4.78 is 45.7. The van der Waals surface area contributed by atoms with Crippen molar-refractivity contribution in [3.8, 4) is 0 Å². The number of aromatic nitrogens is 2. The Labute approximate surface area is 163 Å². The molecule has 0 saturated heterocycles. The first-order valence-electron chi connectivity index (χ1n) is 7.11. The van der Waals surface area contributed by atoms with Crippen molar-refractivity contribution in [2.45, 2.75) is 20.0 Å². The van der Waals surface area contributed by atoms with E-state index in [-0.39, 0.29) is 38.5 Å². The van der Waals surface area contributed by atoms with Crippen LogP contribution in [-0.2, 0) is 33.9 Å². The van der Waals surface area contributed by atoms with Crippen LogP contribution in [0, 0.1) is 0 Å². The molecule has 13 heteroatoms. The summed E-state index contributed by atoms with van der Waals surface area (Å²) in [5, 5.41) is 11.2. The van der Waals surface area contributed by atoms with Gasteiger partial charge < -0.3 is 15.2 Å². The van der Waals surface area contributed by atoms with E-state index in [1.54, 1.807) is 13.8 Å². The van der Waals surface area contributed by atoms with Gasteiger partial charge in [-0.25, -0.2) is 18.8 Å². The molecular weight excluding hydrogens is 558 g/mol. The van der Waals surface area contributed by atoms with E-state index in [1.165, 1.54) is 18.6 Å². The molecule has 0 unspecified atom stereocenters. The van der Waals surface area contributed by atoms with Crippen molar-refractivity contribution in [1.29, 1.82) is 0 Å². The zero-order chi connectivity index (χ0) is 19.3. The number of nitrogens with zero attached hydrogens (tertiary/aromatic N) is 3. The fourth-order valence-electron chi connectivity index (χ4n) is 1.26. The molecule has 1 rings (SSSR count). The number of halogens is 3. The molecule has 0 atom stereocenters. The molecule has 0 aromatic carbocycles. The Balaban J connectivity index is 0. The number of carbonyl (C=O) groups excluding carboxylic acids is 1. The molecule has 1 heterocycles. The van der Waals surface area contributed by atoms with Gasteiger partial charge in [-0.1, -0.05) is 6.54 Å². The van der Waals surface area contributed by atoms with Crippen molar-refractivity contribution < 1.29 is 57.0 Å². The Morgan fingerprint density at radius 2 is 1.81 bits per heavy atom. The van der Waals surface area contributed by atoms with E-state index in [1.807, 2.05) is 0 Å². The van der Waals surface area contributed by atoms with Crippen LogP contribution in [0.25, 0.3) is 5.32 Å². The average molecular weight is 577 g/mol. The number of hydrogen-bond acceptors (Lipinski definition) is 6. The van der Waals surface area contributed by atoms with Crippen molar-refractivity contribution in [2.24, 2.45) is 0 Å². The zero-order valence-electron chi connectivity index (χ0n) is 13.9. The largest absolute Gasteiger partial charge is 0.643 e. The van der Waals surface area contributed by atoms with Crippen molar-refractivity contribution in [3.63, 3.8) is 0 Å². The van der Waals surface area contributed by atoms with E-state index in [2.05, 4.69) is 15.3 Å². The summed E-state index contributed by atoms with van der Waals surface area (Å²) >= 11 is 0. The molecule has 151 valence electrons. The minimum Gasteiger partial charge on any atom is -0.643 e. The third-order valence-corrected chi connectivity index (χ3v) is 4.06. The van der Waals surface area contributed by atoms with Gasteiger partial charge in [0.15, 0.2) is 11.6 Å². The molecule has 1 amide bonds. The smallest absolute Gasteiger partial charge is 0.432 e. The van der Waals surface area contributed by atoms with Crippen LogP contribution in [0.15, 0.2) is 18.6 Å². The third kappa shape index (κ3) is 13.1. The van der Waals surface area contributed by atoms with E-state index >= 15 is 0 Å². The van der Waals surface area contributed by atoms with E-state index in [9.17, 15) is 22.8 Å². The van der Waals surface area contributed by atoms with Gasteiger partial charge in [-0.2, -0.15) is 13.2 Å². The summed E-state index contributed by atoms with van der Waals surface area (Å²) in [6.07, 6.45) is -0.698. The Morgan fingerprint density at radius 1 is 1.23 bits per heavy atom. The molecule has 0 aliphatic rings. The molecule has 0 aliphatic carbocycles. The van der Waals surface area contributed by atoms with E-state index in [4.69, 9.17) is 14.2 Å². The number of rotatable bonds is 8. The summed E-state index contributed by atoms with van der Waals surface area (Å²) in [6.45, 7) is 4.18. The minimum absolute atomic E-state index is 0. The molecule has 0 bridgehead atoms. The van der Waals surface area contributed by atoms with Crippen LogP contribution in [0.2, 0.25) is 0 Å². The Bertz CT molecular complexity index is 519. The second-order valence-corrected chi connectivity index (χ2v) is 5.89. The molecule has 1 aromatic heterocycles. The summed E-state index contributed by atoms with van der Waals surface area (Å²) in [7, 11) is -1.60. The maximum absolute atomic E-state index is 11.8. The molecule has 0 saturated carbocycles. The molecule has 26 heavy (non-hydrogen) atoms. The fourth-order valence-corrected chi connectivity index (χ4v) is 2.57. The van der Waals surface area contributed by atoms with Gasteiger partial charge in [-0.15, -0.1) is 0 Å². The summed E-state index contributed by atoms with van der Waals surface area (Å²) in [4.78, 5) is 27.6. The molecular formula is C13H19F3IrN3O5P. The SMILES string of the molecule is CCO[PH+](CC[N-]C(=O)C(F)(F)F)OCC.O=C(O)c1cnccn1.[Ir]. The number of amides is 1. The van der Waals surface area contributed by atoms with E-state index < -0.39 is 26.4 Å². The number of carboxylic acid groups (broad SMARTS) is 1. The summed E-state index contributed by atoms with van der Waals surface area (Å²) in [5.74, 6) is -3.11. The number of carboxylic acids is 1. The van der Waals surface area contributed by atoms with Gasteiger partial charge >= 0.3 is 12.1 Å². The molecule has 1 radical (unpaired) electrons. The van der Waals surface area contributed by atoms with Gasteiger partial charge in [0.25, 0.3) is 8.38 Å². The van der Waals surface area contributed by atoms with Gasteiger partial charge in [0.2, 0.25) is 0 Å². The monoisotopic (exact) mass is 578 g/mol.